The maximum atomic E-state index is 12.6. The molecule has 0 radical (unpaired) electrons. The molecule has 0 fully saturated rings. The summed E-state index contributed by atoms with van der Waals surface area (Å²) in [6.07, 6.45) is 2.21. The van der Waals surface area contributed by atoms with Crippen molar-refractivity contribution in [2.45, 2.75) is 31.7 Å². The lowest BCUT2D eigenvalue weighted by atomic mass is 9.77. The predicted molar refractivity (Wildman–Crippen MR) is 113 cm³/mol. The normalized spacial score (nSPS) is 23.7. The highest BCUT2D eigenvalue weighted by Gasteiger charge is 2.45. The fourth-order valence-electron chi connectivity index (χ4n) is 3.49. The van der Waals surface area contributed by atoms with Crippen molar-refractivity contribution in [2.24, 2.45) is 19.5 Å². The Kier molecular flexibility index (Phi) is 5.48. The van der Waals surface area contributed by atoms with Crippen molar-refractivity contribution in [3.05, 3.63) is 29.3 Å². The van der Waals surface area contributed by atoms with E-state index in [1.807, 2.05) is 6.07 Å². The van der Waals surface area contributed by atoms with Gasteiger partial charge in [0.1, 0.15) is 23.4 Å². The van der Waals surface area contributed by atoms with E-state index in [9.17, 15) is 13.2 Å². The second-order valence-electron chi connectivity index (χ2n) is 6.79. The maximum Gasteiger partial charge on any atom is 0.270 e. The Bertz CT molecular complexity index is 989. The quantitative estimate of drug-likeness (QED) is 0.561. The molecule has 1 amide bonds. The number of aliphatic imine (C=N–C) groups is 1. The van der Waals surface area contributed by atoms with Crippen LogP contribution in [0.3, 0.4) is 0 Å². The molecule has 3 rings (SSSR count). The Labute approximate surface area is 168 Å². The van der Waals surface area contributed by atoms with Crippen LogP contribution in [0.25, 0.3) is 0 Å². The number of hydrogen-bond acceptors (Lipinski definition) is 8. The number of hydrogen-bond donors (Lipinski definition) is 2. The fraction of sp³-hybridized carbons (Fsp3) is 0.412. The van der Waals surface area contributed by atoms with Gasteiger partial charge in [0.05, 0.1) is 5.75 Å². The minimum Gasteiger partial charge on any atom is -0.369 e. The standard InChI is InChI=1S/C17H22N6O3S2/c1-11(22-27-19-2)15(24)20-13-7-6-12-5-4-8-17(14(12)9-13)10-28(25,26)23(3)16(18)21-17/h6-7,9H,2,4-5,8,10H2,1,3H3,(H2,18,21)(H,20,24)/t17-/m0/s1. The Balaban J connectivity index is 1.99. The number of aryl methyl sites for hydroxylation is 1. The Morgan fingerprint density at radius 2 is 2.21 bits per heavy atom. The topological polar surface area (TPSA) is 130 Å². The van der Waals surface area contributed by atoms with E-state index in [-0.39, 0.29) is 23.3 Å². The average Bonchev–Trinajstić information content (AvgIpc) is 2.64. The van der Waals surface area contributed by atoms with Crippen LogP contribution in [0.2, 0.25) is 0 Å². The van der Waals surface area contributed by atoms with Gasteiger partial charge in [-0.2, -0.15) is 4.40 Å². The van der Waals surface area contributed by atoms with Crippen LogP contribution in [-0.4, -0.2) is 49.8 Å². The summed E-state index contributed by atoms with van der Waals surface area (Å²) in [7, 11) is -2.17. The van der Waals surface area contributed by atoms with Gasteiger partial charge in [0, 0.05) is 19.5 Å². The van der Waals surface area contributed by atoms with Crippen molar-refractivity contribution in [3.63, 3.8) is 0 Å². The smallest absolute Gasteiger partial charge is 0.270 e. The van der Waals surface area contributed by atoms with Gasteiger partial charge in [-0.1, -0.05) is 6.07 Å². The van der Waals surface area contributed by atoms with Crippen LogP contribution < -0.4 is 11.1 Å². The summed E-state index contributed by atoms with van der Waals surface area (Å²) < 4.78 is 33.6. The second-order valence-corrected chi connectivity index (χ2v) is 9.40. The average molecular weight is 423 g/mol. The minimum absolute atomic E-state index is 0.0227. The third kappa shape index (κ3) is 3.76. The number of carbonyl (C=O) groups excluding carboxylic acids is 1. The van der Waals surface area contributed by atoms with Gasteiger partial charge in [0.15, 0.2) is 0 Å². The van der Waals surface area contributed by atoms with Crippen LogP contribution in [0.15, 0.2) is 32.0 Å². The number of nitrogens with zero attached hydrogens (tertiary/aromatic N) is 4. The van der Waals surface area contributed by atoms with Crippen LogP contribution in [0.5, 0.6) is 0 Å². The van der Waals surface area contributed by atoms with Gasteiger partial charge >= 0.3 is 0 Å². The van der Waals surface area contributed by atoms with Gasteiger partial charge in [-0.25, -0.2) is 22.1 Å². The molecule has 1 atom stereocenters. The predicted octanol–water partition coefficient (Wildman–Crippen LogP) is 1.47. The van der Waals surface area contributed by atoms with E-state index in [4.69, 9.17) is 5.73 Å². The van der Waals surface area contributed by atoms with E-state index in [0.29, 0.717) is 12.1 Å². The van der Waals surface area contributed by atoms with E-state index in [1.165, 1.54) is 7.05 Å². The highest BCUT2D eigenvalue weighted by atomic mass is 32.2. The molecule has 28 heavy (non-hydrogen) atoms. The van der Waals surface area contributed by atoms with Crippen LogP contribution in [0.4, 0.5) is 5.69 Å². The second kappa shape index (κ2) is 7.55. The number of sulfonamides is 1. The largest absolute Gasteiger partial charge is 0.369 e. The van der Waals surface area contributed by atoms with Crippen molar-refractivity contribution in [2.75, 3.05) is 18.1 Å². The molecule has 3 N–H and O–H groups in total. The van der Waals surface area contributed by atoms with E-state index in [2.05, 4.69) is 25.8 Å². The third-order valence-electron chi connectivity index (χ3n) is 4.96. The summed E-state index contributed by atoms with van der Waals surface area (Å²) in [5.41, 5.74) is 7.57. The summed E-state index contributed by atoms with van der Waals surface area (Å²) in [5, 5.41) is 2.78. The summed E-state index contributed by atoms with van der Waals surface area (Å²) in [5.74, 6) is -0.547. The Morgan fingerprint density at radius 3 is 2.89 bits per heavy atom. The lowest BCUT2D eigenvalue weighted by Crippen LogP contribution is -2.52. The first-order valence-corrected chi connectivity index (χ1v) is 11.0. The van der Waals surface area contributed by atoms with Gasteiger partial charge in [-0.3, -0.25) is 4.79 Å². The molecule has 1 aromatic rings. The molecule has 9 nitrogen and oxygen atoms in total. The molecule has 2 aliphatic rings. The van der Waals surface area contributed by atoms with Gasteiger partial charge in [0.25, 0.3) is 5.91 Å². The molecule has 0 saturated heterocycles. The van der Waals surface area contributed by atoms with Crippen LogP contribution in [0, 0.1) is 0 Å². The maximum absolute atomic E-state index is 12.6. The molecule has 1 aliphatic carbocycles. The van der Waals surface area contributed by atoms with Crippen molar-refractivity contribution in [1.29, 1.82) is 0 Å². The number of fused-ring (bicyclic) bond motifs is 2. The SMILES string of the molecule is C=NSN=C(C)C(=O)Nc1ccc2c(c1)[C@]1(CCC2)CS(=O)(=O)N(C)C(N)=N1. The zero-order valence-corrected chi connectivity index (χ0v) is 17.3. The Morgan fingerprint density at radius 1 is 1.46 bits per heavy atom. The number of anilines is 1. The minimum atomic E-state index is -3.57. The van der Waals surface area contributed by atoms with E-state index in [0.717, 1.165) is 40.4 Å². The van der Waals surface area contributed by atoms with Crippen molar-refractivity contribution in [3.8, 4) is 0 Å². The number of carbonyl (C=O) groups is 1. The van der Waals surface area contributed by atoms with Gasteiger partial charge in [-0.05, 0) is 49.4 Å². The first-order chi connectivity index (χ1) is 13.2. The molecule has 0 aromatic heterocycles. The molecule has 1 heterocycles. The number of nitrogens with two attached hydrogens (primary N) is 1. The van der Waals surface area contributed by atoms with Crippen LogP contribution >= 0.6 is 12.1 Å². The molecule has 0 saturated carbocycles. The lowest BCUT2D eigenvalue weighted by Gasteiger charge is -2.40. The summed E-state index contributed by atoms with van der Waals surface area (Å²) >= 11 is 0.834. The molecule has 11 heteroatoms. The van der Waals surface area contributed by atoms with E-state index < -0.39 is 15.6 Å². The fourth-order valence-corrected chi connectivity index (χ4v) is 5.24. The molecule has 1 aromatic carbocycles. The summed E-state index contributed by atoms with van der Waals surface area (Å²) in [4.78, 5) is 16.9. The molecule has 0 bridgehead atoms. The van der Waals surface area contributed by atoms with Crippen molar-refractivity contribution >= 4 is 52.1 Å². The van der Waals surface area contributed by atoms with Crippen LogP contribution in [-0.2, 0) is 26.8 Å². The van der Waals surface area contributed by atoms with Gasteiger partial charge < -0.3 is 11.1 Å². The highest BCUT2D eigenvalue weighted by Crippen LogP contribution is 2.43. The number of benzene rings is 1. The number of amides is 1. The van der Waals surface area contributed by atoms with E-state index in [1.54, 1.807) is 19.1 Å². The Hall–Kier alpha value is -2.40. The molecular weight excluding hydrogens is 400 g/mol. The zero-order valence-electron chi connectivity index (χ0n) is 15.7. The van der Waals surface area contributed by atoms with Crippen molar-refractivity contribution in [1.82, 2.24) is 4.31 Å². The number of guanidine groups is 1. The first kappa shape index (κ1) is 20.3. The molecule has 1 aliphatic heterocycles. The molecular formula is C17H22N6O3S2. The van der Waals surface area contributed by atoms with Crippen LogP contribution in [0.1, 0.15) is 30.9 Å². The molecule has 1 spiro atoms. The summed E-state index contributed by atoms with van der Waals surface area (Å²) in [6, 6.07) is 5.48. The third-order valence-corrected chi connectivity index (χ3v) is 7.29. The van der Waals surface area contributed by atoms with Gasteiger partial charge in [0.2, 0.25) is 16.0 Å². The monoisotopic (exact) mass is 422 g/mol. The van der Waals surface area contributed by atoms with E-state index >= 15 is 0 Å². The van der Waals surface area contributed by atoms with Gasteiger partial charge in [-0.15, -0.1) is 0 Å². The van der Waals surface area contributed by atoms with Crippen molar-refractivity contribution < 1.29 is 13.2 Å². The molecule has 150 valence electrons. The summed E-state index contributed by atoms with van der Waals surface area (Å²) in [6.45, 7) is 4.87. The first-order valence-electron chi connectivity index (χ1n) is 8.62. The molecule has 0 unspecified atom stereocenters. The highest BCUT2D eigenvalue weighted by molar-refractivity contribution is 7.97. The lowest BCUT2D eigenvalue weighted by molar-refractivity contribution is -0.110. The zero-order chi connectivity index (χ0) is 20.5. The number of rotatable bonds is 4. The number of nitrogens with one attached hydrogen (secondary N) is 1.